The molecule has 2 rings (SSSR count). The second-order valence-corrected chi connectivity index (χ2v) is 6.68. The average Bonchev–Trinajstić information content (AvgIpc) is 2.69. The minimum absolute atomic E-state index is 0. The zero-order valence-electron chi connectivity index (χ0n) is 16.2. The van der Waals surface area contributed by atoms with Gasteiger partial charge in [-0.3, -0.25) is 9.59 Å². The lowest BCUT2D eigenvalue weighted by Crippen LogP contribution is -2.47. The fourth-order valence-corrected chi connectivity index (χ4v) is 2.29. The Bertz CT molecular complexity index is 736. The van der Waals surface area contributed by atoms with E-state index in [-0.39, 0.29) is 36.7 Å². The lowest BCUT2D eigenvalue weighted by atomic mass is 10.1. The lowest BCUT2D eigenvalue weighted by molar-refractivity contribution is -0.127. The minimum Gasteiger partial charge on any atom is -0.489 e. The van der Waals surface area contributed by atoms with Gasteiger partial charge in [0, 0.05) is 6.54 Å². The summed E-state index contributed by atoms with van der Waals surface area (Å²) in [5.74, 6) is 0.282. The molecule has 0 fully saturated rings. The molecule has 152 valence electrons. The van der Waals surface area contributed by atoms with E-state index in [4.69, 9.17) is 10.5 Å². The highest BCUT2D eigenvalue weighted by atomic mass is 35.5. The van der Waals surface area contributed by atoms with Gasteiger partial charge >= 0.3 is 0 Å². The molecular weight excluding hydrogens is 378 g/mol. The standard InChI is InChI=1S/C21H27N3O3.ClH/c1-15(2)20(22)21(26)24-13-19(25)23-12-16-8-10-17(11-9-16)14-27-18-6-4-3-5-7-18;/h3-11,15,20H,12-14,22H2,1-2H3,(H,23,25)(H,24,26);1H/t20-;/m0./s1. The van der Waals surface area contributed by atoms with E-state index in [0.717, 1.165) is 16.9 Å². The average molecular weight is 406 g/mol. The van der Waals surface area contributed by atoms with Crippen LogP contribution in [0.4, 0.5) is 0 Å². The van der Waals surface area contributed by atoms with Gasteiger partial charge in [-0.15, -0.1) is 12.4 Å². The molecule has 4 N–H and O–H groups in total. The van der Waals surface area contributed by atoms with Crippen LogP contribution in [0.3, 0.4) is 0 Å². The van der Waals surface area contributed by atoms with Crippen LogP contribution >= 0.6 is 12.4 Å². The fraction of sp³-hybridized carbons (Fsp3) is 0.333. The third-order valence-electron chi connectivity index (χ3n) is 4.11. The van der Waals surface area contributed by atoms with Crippen LogP contribution in [0.2, 0.25) is 0 Å². The zero-order chi connectivity index (χ0) is 19.6. The predicted octanol–water partition coefficient (Wildman–Crippen LogP) is 2.40. The first kappa shape index (κ1) is 23.5. The Labute approximate surface area is 172 Å². The summed E-state index contributed by atoms with van der Waals surface area (Å²) in [7, 11) is 0. The summed E-state index contributed by atoms with van der Waals surface area (Å²) < 4.78 is 5.70. The molecule has 28 heavy (non-hydrogen) atoms. The number of carbonyl (C=O) groups is 2. The maximum absolute atomic E-state index is 11.9. The highest BCUT2D eigenvalue weighted by Crippen LogP contribution is 2.12. The maximum Gasteiger partial charge on any atom is 0.239 e. The Kier molecular flexibility index (Phi) is 10.1. The van der Waals surface area contributed by atoms with Gasteiger partial charge in [-0.1, -0.05) is 56.3 Å². The molecule has 0 saturated heterocycles. The molecule has 0 unspecified atom stereocenters. The smallest absolute Gasteiger partial charge is 0.239 e. The topological polar surface area (TPSA) is 93.5 Å². The number of amides is 2. The van der Waals surface area contributed by atoms with E-state index in [9.17, 15) is 9.59 Å². The second-order valence-electron chi connectivity index (χ2n) is 6.68. The van der Waals surface area contributed by atoms with Crippen molar-refractivity contribution in [1.82, 2.24) is 10.6 Å². The van der Waals surface area contributed by atoms with Crippen LogP contribution in [0.15, 0.2) is 54.6 Å². The van der Waals surface area contributed by atoms with Crippen LogP contribution in [0.25, 0.3) is 0 Å². The first-order chi connectivity index (χ1) is 13.0. The van der Waals surface area contributed by atoms with Gasteiger partial charge in [0.15, 0.2) is 0 Å². The number of halogens is 1. The molecule has 0 radical (unpaired) electrons. The molecular formula is C21H28ClN3O3. The fourth-order valence-electron chi connectivity index (χ4n) is 2.29. The molecule has 0 aliphatic heterocycles. The summed E-state index contributed by atoms with van der Waals surface area (Å²) in [6.45, 7) is 4.52. The Morgan fingerprint density at radius 1 is 0.964 bits per heavy atom. The Balaban J connectivity index is 0.00000392. The van der Waals surface area contributed by atoms with Gasteiger partial charge in [0.25, 0.3) is 0 Å². The molecule has 0 aliphatic carbocycles. The summed E-state index contributed by atoms with van der Waals surface area (Å²) in [4.78, 5) is 23.6. The molecule has 0 aromatic heterocycles. The number of hydrogen-bond donors (Lipinski definition) is 3. The highest BCUT2D eigenvalue weighted by Gasteiger charge is 2.17. The van der Waals surface area contributed by atoms with E-state index < -0.39 is 6.04 Å². The molecule has 0 aliphatic rings. The molecule has 2 aromatic rings. The van der Waals surface area contributed by atoms with E-state index in [1.165, 1.54) is 0 Å². The van der Waals surface area contributed by atoms with Crippen molar-refractivity contribution in [3.8, 4) is 5.75 Å². The van der Waals surface area contributed by atoms with E-state index in [1.807, 2.05) is 68.4 Å². The lowest BCUT2D eigenvalue weighted by Gasteiger charge is -2.15. The third-order valence-corrected chi connectivity index (χ3v) is 4.11. The predicted molar refractivity (Wildman–Crippen MR) is 112 cm³/mol. The van der Waals surface area contributed by atoms with Gasteiger partial charge < -0.3 is 21.1 Å². The molecule has 0 spiro atoms. The third kappa shape index (κ3) is 7.98. The van der Waals surface area contributed by atoms with Crippen molar-refractivity contribution in [2.75, 3.05) is 6.54 Å². The highest BCUT2D eigenvalue weighted by molar-refractivity contribution is 5.87. The summed E-state index contributed by atoms with van der Waals surface area (Å²) in [6.07, 6.45) is 0. The SMILES string of the molecule is CC(C)[C@H](N)C(=O)NCC(=O)NCc1ccc(COc2ccccc2)cc1.Cl. The molecule has 7 heteroatoms. The van der Waals surface area contributed by atoms with Crippen molar-refractivity contribution in [2.45, 2.75) is 33.0 Å². The number of rotatable bonds is 9. The van der Waals surface area contributed by atoms with Crippen molar-refractivity contribution in [3.63, 3.8) is 0 Å². The quantitative estimate of drug-likeness (QED) is 0.597. The molecule has 0 heterocycles. The van der Waals surface area contributed by atoms with Crippen LogP contribution in [-0.2, 0) is 22.7 Å². The van der Waals surface area contributed by atoms with Crippen LogP contribution in [0.5, 0.6) is 5.75 Å². The molecule has 1 atom stereocenters. The number of ether oxygens (including phenoxy) is 1. The summed E-state index contributed by atoms with van der Waals surface area (Å²) in [5, 5.41) is 5.32. The summed E-state index contributed by atoms with van der Waals surface area (Å²) >= 11 is 0. The number of hydrogen-bond acceptors (Lipinski definition) is 4. The molecule has 0 saturated carbocycles. The van der Waals surface area contributed by atoms with Crippen molar-refractivity contribution in [3.05, 3.63) is 65.7 Å². The number of para-hydroxylation sites is 1. The van der Waals surface area contributed by atoms with E-state index >= 15 is 0 Å². The van der Waals surface area contributed by atoms with Gasteiger partial charge in [0.2, 0.25) is 11.8 Å². The van der Waals surface area contributed by atoms with Crippen LogP contribution in [0.1, 0.15) is 25.0 Å². The van der Waals surface area contributed by atoms with Crippen molar-refractivity contribution in [2.24, 2.45) is 11.7 Å². The van der Waals surface area contributed by atoms with Crippen LogP contribution in [0, 0.1) is 5.92 Å². The van der Waals surface area contributed by atoms with Crippen molar-refractivity contribution >= 4 is 24.2 Å². The zero-order valence-corrected chi connectivity index (χ0v) is 17.0. The van der Waals surface area contributed by atoms with Gasteiger partial charge in [-0.2, -0.15) is 0 Å². The largest absolute Gasteiger partial charge is 0.489 e. The maximum atomic E-state index is 11.9. The Morgan fingerprint density at radius 3 is 2.18 bits per heavy atom. The number of nitrogens with one attached hydrogen (secondary N) is 2. The number of nitrogens with two attached hydrogens (primary N) is 1. The van der Waals surface area contributed by atoms with Crippen molar-refractivity contribution < 1.29 is 14.3 Å². The second kappa shape index (κ2) is 12.0. The Hall–Kier alpha value is -2.57. The summed E-state index contributed by atoms with van der Waals surface area (Å²) in [6, 6.07) is 16.8. The normalized spacial score (nSPS) is 11.3. The number of carbonyl (C=O) groups excluding carboxylic acids is 2. The van der Waals surface area contributed by atoms with Crippen LogP contribution in [-0.4, -0.2) is 24.4 Å². The molecule has 6 nitrogen and oxygen atoms in total. The minimum atomic E-state index is -0.608. The van der Waals surface area contributed by atoms with Gasteiger partial charge in [0.05, 0.1) is 12.6 Å². The first-order valence-corrected chi connectivity index (χ1v) is 9.01. The molecule has 2 amide bonds. The van der Waals surface area contributed by atoms with E-state index in [2.05, 4.69) is 10.6 Å². The molecule has 2 aromatic carbocycles. The van der Waals surface area contributed by atoms with E-state index in [1.54, 1.807) is 0 Å². The Morgan fingerprint density at radius 2 is 1.57 bits per heavy atom. The van der Waals surface area contributed by atoms with Gasteiger partial charge in [-0.05, 0) is 29.2 Å². The van der Waals surface area contributed by atoms with Gasteiger partial charge in [0.1, 0.15) is 12.4 Å². The summed E-state index contributed by atoms with van der Waals surface area (Å²) in [5.41, 5.74) is 7.75. The van der Waals surface area contributed by atoms with E-state index in [0.29, 0.717) is 13.2 Å². The van der Waals surface area contributed by atoms with Crippen LogP contribution < -0.4 is 21.1 Å². The first-order valence-electron chi connectivity index (χ1n) is 9.01. The van der Waals surface area contributed by atoms with Crippen molar-refractivity contribution in [1.29, 1.82) is 0 Å². The molecule has 0 bridgehead atoms. The number of benzene rings is 2. The monoisotopic (exact) mass is 405 g/mol. The van der Waals surface area contributed by atoms with Gasteiger partial charge in [-0.25, -0.2) is 0 Å².